The maximum Gasteiger partial charge on any atom is 0.330 e. The van der Waals surface area contributed by atoms with Gasteiger partial charge in [0.05, 0.1) is 11.6 Å². The molecule has 0 unspecified atom stereocenters. The Kier molecular flexibility index (Phi) is 5.30. The quantitative estimate of drug-likeness (QED) is 0.481. The number of nitrogens with zero attached hydrogens (tertiary/aromatic N) is 6. The predicted molar refractivity (Wildman–Crippen MR) is 118 cm³/mol. The molecule has 4 heterocycles. The van der Waals surface area contributed by atoms with E-state index in [1.807, 2.05) is 47.4 Å². The molecule has 0 N–H and O–H groups in total. The van der Waals surface area contributed by atoms with E-state index in [9.17, 15) is 9.59 Å². The highest BCUT2D eigenvalue weighted by molar-refractivity contribution is 5.76. The third-order valence-corrected chi connectivity index (χ3v) is 6.02. The highest BCUT2D eigenvalue weighted by atomic mass is 16.5. The standard InChI is InChI=1S/C23H24N6O3/c1-27-18-10-5-13-24-22(18)29(23(27)31)17-9-6-14-28(15-17)20(30)12-11-19-25-21(26-32-19)16-7-3-2-4-8-16/h2-5,7-8,10,13,17H,6,9,11-12,14-15H2,1H3/t17-/m0/s1. The van der Waals surface area contributed by atoms with Crippen LogP contribution < -0.4 is 5.69 Å². The highest BCUT2D eigenvalue weighted by Crippen LogP contribution is 2.24. The molecule has 1 fully saturated rings. The molecule has 1 amide bonds. The number of hydrogen-bond acceptors (Lipinski definition) is 6. The molecule has 0 bridgehead atoms. The number of aryl methyl sites for hydroxylation is 2. The third-order valence-electron chi connectivity index (χ3n) is 6.02. The van der Waals surface area contributed by atoms with Gasteiger partial charge in [0.2, 0.25) is 17.6 Å². The molecular weight excluding hydrogens is 408 g/mol. The summed E-state index contributed by atoms with van der Waals surface area (Å²) in [5.41, 5.74) is 2.24. The van der Waals surface area contributed by atoms with E-state index in [0.717, 1.165) is 23.9 Å². The second-order valence-corrected chi connectivity index (χ2v) is 8.07. The molecule has 0 radical (unpaired) electrons. The van der Waals surface area contributed by atoms with Crippen molar-refractivity contribution in [3.8, 4) is 11.4 Å². The number of likely N-dealkylation sites (tertiary alicyclic amines) is 1. The van der Waals surface area contributed by atoms with Gasteiger partial charge in [0.15, 0.2) is 5.65 Å². The van der Waals surface area contributed by atoms with Crippen molar-refractivity contribution >= 4 is 17.1 Å². The van der Waals surface area contributed by atoms with Crippen molar-refractivity contribution in [1.82, 2.24) is 29.2 Å². The largest absolute Gasteiger partial charge is 0.341 e. The van der Waals surface area contributed by atoms with Crippen LogP contribution in [0, 0.1) is 0 Å². The number of benzene rings is 1. The number of imidazole rings is 1. The van der Waals surface area contributed by atoms with E-state index in [2.05, 4.69) is 15.1 Å². The average molecular weight is 432 g/mol. The van der Waals surface area contributed by atoms with Gasteiger partial charge in [0.25, 0.3) is 0 Å². The molecule has 3 aromatic heterocycles. The van der Waals surface area contributed by atoms with Crippen molar-refractivity contribution in [2.75, 3.05) is 13.1 Å². The molecule has 0 spiro atoms. The summed E-state index contributed by atoms with van der Waals surface area (Å²) in [7, 11) is 1.75. The summed E-state index contributed by atoms with van der Waals surface area (Å²) < 4.78 is 8.67. The first-order valence-corrected chi connectivity index (χ1v) is 10.8. The van der Waals surface area contributed by atoms with Gasteiger partial charge in [-0.25, -0.2) is 9.78 Å². The molecule has 4 aromatic rings. The number of carbonyl (C=O) groups excluding carboxylic acids is 1. The Morgan fingerprint density at radius 2 is 2.03 bits per heavy atom. The fraction of sp³-hybridized carbons (Fsp3) is 0.348. The number of carbonyl (C=O) groups is 1. The number of amides is 1. The van der Waals surface area contributed by atoms with Crippen LogP contribution in [-0.2, 0) is 18.3 Å². The van der Waals surface area contributed by atoms with Gasteiger partial charge in [0, 0.05) is 44.7 Å². The van der Waals surface area contributed by atoms with E-state index < -0.39 is 0 Å². The van der Waals surface area contributed by atoms with Crippen molar-refractivity contribution < 1.29 is 9.32 Å². The highest BCUT2D eigenvalue weighted by Gasteiger charge is 2.28. The smallest absolute Gasteiger partial charge is 0.330 e. The average Bonchev–Trinajstić information content (AvgIpc) is 3.41. The summed E-state index contributed by atoms with van der Waals surface area (Å²) in [6.45, 7) is 1.18. The summed E-state index contributed by atoms with van der Waals surface area (Å²) in [5, 5.41) is 4.01. The number of aromatic nitrogens is 5. The maximum atomic E-state index is 12.9. The third kappa shape index (κ3) is 3.70. The molecule has 1 aromatic carbocycles. The Labute approximate surface area is 184 Å². The van der Waals surface area contributed by atoms with Gasteiger partial charge >= 0.3 is 5.69 Å². The first-order chi connectivity index (χ1) is 15.6. The van der Waals surface area contributed by atoms with Crippen LogP contribution in [-0.4, -0.2) is 48.2 Å². The number of rotatable bonds is 5. The minimum atomic E-state index is -0.0997. The number of piperidine rings is 1. The Morgan fingerprint density at radius 1 is 1.19 bits per heavy atom. The van der Waals surface area contributed by atoms with E-state index in [4.69, 9.17) is 4.52 Å². The maximum absolute atomic E-state index is 12.9. The van der Waals surface area contributed by atoms with Gasteiger partial charge in [-0.15, -0.1) is 0 Å². The molecule has 9 heteroatoms. The lowest BCUT2D eigenvalue weighted by Crippen LogP contribution is -2.43. The minimum absolute atomic E-state index is 0.0235. The van der Waals surface area contributed by atoms with Crippen LogP contribution in [0.5, 0.6) is 0 Å². The predicted octanol–water partition coefficient (Wildman–Crippen LogP) is 2.58. The molecule has 5 rings (SSSR count). The molecule has 1 aliphatic heterocycles. The number of pyridine rings is 1. The molecule has 0 saturated carbocycles. The van der Waals surface area contributed by atoms with Crippen LogP contribution in [0.15, 0.2) is 58.0 Å². The van der Waals surface area contributed by atoms with Crippen molar-refractivity contribution in [3.63, 3.8) is 0 Å². The zero-order chi connectivity index (χ0) is 22.1. The Balaban J connectivity index is 1.27. The first kappa shape index (κ1) is 20.2. The lowest BCUT2D eigenvalue weighted by atomic mass is 10.0. The zero-order valence-corrected chi connectivity index (χ0v) is 17.8. The monoisotopic (exact) mass is 432 g/mol. The Bertz CT molecular complexity index is 1310. The molecule has 9 nitrogen and oxygen atoms in total. The number of fused-ring (bicyclic) bond motifs is 1. The van der Waals surface area contributed by atoms with Crippen LogP contribution in [0.3, 0.4) is 0 Å². The lowest BCUT2D eigenvalue weighted by molar-refractivity contribution is -0.132. The summed E-state index contributed by atoms with van der Waals surface area (Å²) in [4.78, 5) is 36.4. The molecule has 1 aliphatic rings. The van der Waals surface area contributed by atoms with Crippen LogP contribution >= 0.6 is 0 Å². The van der Waals surface area contributed by atoms with Gasteiger partial charge in [-0.2, -0.15) is 4.98 Å². The van der Waals surface area contributed by atoms with Gasteiger partial charge < -0.3 is 9.42 Å². The lowest BCUT2D eigenvalue weighted by Gasteiger charge is -2.33. The van der Waals surface area contributed by atoms with Gasteiger partial charge in [0.1, 0.15) is 0 Å². The van der Waals surface area contributed by atoms with Crippen LogP contribution in [0.2, 0.25) is 0 Å². The Morgan fingerprint density at radius 3 is 2.88 bits per heavy atom. The number of hydrogen-bond donors (Lipinski definition) is 0. The van der Waals surface area contributed by atoms with Crippen molar-refractivity contribution in [2.24, 2.45) is 7.05 Å². The van der Waals surface area contributed by atoms with Gasteiger partial charge in [-0.1, -0.05) is 35.5 Å². The van der Waals surface area contributed by atoms with E-state index in [1.165, 1.54) is 0 Å². The van der Waals surface area contributed by atoms with Crippen molar-refractivity contribution in [3.05, 3.63) is 65.0 Å². The van der Waals surface area contributed by atoms with Gasteiger partial charge in [-0.05, 0) is 25.0 Å². The summed E-state index contributed by atoms with van der Waals surface area (Å²) in [6, 6.07) is 13.2. The molecule has 1 saturated heterocycles. The molecule has 1 atom stereocenters. The van der Waals surface area contributed by atoms with Crippen LogP contribution in [0.1, 0.15) is 31.2 Å². The Hall–Kier alpha value is -3.75. The second kappa shape index (κ2) is 8.41. The molecule has 0 aliphatic carbocycles. The SMILES string of the molecule is Cn1c(=O)n([C@H]2CCCN(C(=O)CCc3nc(-c4ccccc4)no3)C2)c2ncccc21. The second-order valence-electron chi connectivity index (χ2n) is 8.07. The zero-order valence-electron chi connectivity index (χ0n) is 17.8. The fourth-order valence-electron chi connectivity index (χ4n) is 4.35. The first-order valence-electron chi connectivity index (χ1n) is 10.8. The van der Waals surface area contributed by atoms with Crippen LogP contribution in [0.25, 0.3) is 22.6 Å². The molecular formula is C23H24N6O3. The van der Waals surface area contributed by atoms with E-state index in [1.54, 1.807) is 22.4 Å². The van der Waals surface area contributed by atoms with Gasteiger partial charge in [-0.3, -0.25) is 13.9 Å². The summed E-state index contributed by atoms with van der Waals surface area (Å²) in [6.07, 6.45) is 4.04. The molecule has 164 valence electrons. The van der Waals surface area contributed by atoms with Crippen molar-refractivity contribution in [1.29, 1.82) is 0 Å². The van der Waals surface area contributed by atoms with Crippen molar-refractivity contribution in [2.45, 2.75) is 31.7 Å². The summed E-state index contributed by atoms with van der Waals surface area (Å²) in [5.74, 6) is 0.990. The molecule has 32 heavy (non-hydrogen) atoms. The van der Waals surface area contributed by atoms with E-state index in [0.29, 0.717) is 36.9 Å². The fourth-order valence-corrected chi connectivity index (χ4v) is 4.35. The van der Waals surface area contributed by atoms with E-state index >= 15 is 0 Å². The normalized spacial score (nSPS) is 16.5. The van der Waals surface area contributed by atoms with E-state index in [-0.39, 0.29) is 24.1 Å². The summed E-state index contributed by atoms with van der Waals surface area (Å²) >= 11 is 0. The topological polar surface area (TPSA) is 99.1 Å². The minimum Gasteiger partial charge on any atom is -0.341 e. The van der Waals surface area contributed by atoms with Crippen LogP contribution in [0.4, 0.5) is 0 Å².